The third-order valence-electron chi connectivity index (χ3n) is 4.63. The standard InChI is InChI=1S/C24H31NO/c1-23(2,3)15-22(24(4,5)6)20-11-13-21(14-12-20)26-17-19-9-7-18(16-25)8-10-19/h7-14,22H,15,17H2,1-6H3. The molecule has 0 aliphatic rings. The highest BCUT2D eigenvalue weighted by atomic mass is 16.5. The second-order valence-electron chi connectivity index (χ2n) is 9.35. The van der Waals surface area contributed by atoms with E-state index in [-0.39, 0.29) is 5.41 Å². The van der Waals surface area contributed by atoms with Crippen LogP contribution in [-0.4, -0.2) is 0 Å². The molecule has 0 aromatic heterocycles. The van der Waals surface area contributed by atoms with Gasteiger partial charge in [-0.15, -0.1) is 0 Å². The average Bonchev–Trinajstić information content (AvgIpc) is 2.57. The van der Waals surface area contributed by atoms with Crippen LogP contribution in [0.5, 0.6) is 5.75 Å². The lowest BCUT2D eigenvalue weighted by Gasteiger charge is -2.36. The summed E-state index contributed by atoms with van der Waals surface area (Å²) in [5.74, 6) is 1.39. The van der Waals surface area contributed by atoms with Crippen molar-refractivity contribution in [3.8, 4) is 11.8 Å². The minimum atomic E-state index is 0.220. The highest BCUT2D eigenvalue weighted by Crippen LogP contribution is 2.43. The number of nitrogens with zero attached hydrogens (tertiary/aromatic N) is 1. The molecule has 0 bridgehead atoms. The fourth-order valence-electron chi connectivity index (χ4n) is 3.17. The number of hydrogen-bond donors (Lipinski definition) is 0. The van der Waals surface area contributed by atoms with Crippen LogP contribution < -0.4 is 4.74 Å². The zero-order valence-corrected chi connectivity index (χ0v) is 17.0. The molecule has 2 aromatic carbocycles. The van der Waals surface area contributed by atoms with Gasteiger partial charge in [0.25, 0.3) is 0 Å². The van der Waals surface area contributed by atoms with Crippen molar-refractivity contribution in [2.24, 2.45) is 10.8 Å². The normalized spacial score (nSPS) is 13.1. The van der Waals surface area contributed by atoms with Gasteiger partial charge in [0, 0.05) is 0 Å². The van der Waals surface area contributed by atoms with Gasteiger partial charge in [-0.1, -0.05) is 65.8 Å². The van der Waals surface area contributed by atoms with E-state index in [0.717, 1.165) is 17.7 Å². The molecule has 2 rings (SSSR count). The van der Waals surface area contributed by atoms with Gasteiger partial charge in [0.15, 0.2) is 0 Å². The fraction of sp³-hybridized carbons (Fsp3) is 0.458. The topological polar surface area (TPSA) is 33.0 Å². The molecule has 0 amide bonds. The summed E-state index contributed by atoms with van der Waals surface area (Å²) >= 11 is 0. The first-order valence-corrected chi connectivity index (χ1v) is 9.30. The molecule has 0 radical (unpaired) electrons. The summed E-state index contributed by atoms with van der Waals surface area (Å²) in [5.41, 5.74) is 3.62. The summed E-state index contributed by atoms with van der Waals surface area (Å²) in [6.45, 7) is 14.4. The van der Waals surface area contributed by atoms with Crippen LogP contribution in [0.3, 0.4) is 0 Å². The number of rotatable bonds is 5. The molecule has 0 saturated carbocycles. The van der Waals surface area contributed by atoms with E-state index in [2.05, 4.69) is 71.9 Å². The van der Waals surface area contributed by atoms with E-state index in [1.165, 1.54) is 5.56 Å². The monoisotopic (exact) mass is 349 g/mol. The van der Waals surface area contributed by atoms with Crippen molar-refractivity contribution < 1.29 is 4.74 Å². The fourth-order valence-corrected chi connectivity index (χ4v) is 3.17. The Morgan fingerprint density at radius 2 is 1.46 bits per heavy atom. The van der Waals surface area contributed by atoms with Gasteiger partial charge in [0.05, 0.1) is 11.6 Å². The largest absolute Gasteiger partial charge is 0.489 e. The quantitative estimate of drug-likeness (QED) is 0.601. The first-order valence-electron chi connectivity index (χ1n) is 9.30. The highest BCUT2D eigenvalue weighted by molar-refractivity contribution is 5.33. The predicted molar refractivity (Wildman–Crippen MR) is 108 cm³/mol. The van der Waals surface area contributed by atoms with Crippen LogP contribution in [0, 0.1) is 22.2 Å². The Morgan fingerprint density at radius 3 is 1.92 bits per heavy atom. The van der Waals surface area contributed by atoms with Crippen molar-refractivity contribution in [2.75, 3.05) is 0 Å². The highest BCUT2D eigenvalue weighted by Gasteiger charge is 2.30. The Bertz CT molecular complexity index is 737. The second-order valence-corrected chi connectivity index (χ2v) is 9.35. The van der Waals surface area contributed by atoms with Crippen molar-refractivity contribution in [3.63, 3.8) is 0 Å². The molecular weight excluding hydrogens is 318 g/mol. The smallest absolute Gasteiger partial charge is 0.119 e. The number of nitriles is 1. The molecule has 2 nitrogen and oxygen atoms in total. The summed E-state index contributed by atoms with van der Waals surface area (Å²) in [6.07, 6.45) is 1.15. The maximum Gasteiger partial charge on any atom is 0.119 e. The SMILES string of the molecule is CC(C)(C)CC(c1ccc(OCc2ccc(C#N)cc2)cc1)C(C)(C)C. The second kappa shape index (κ2) is 7.96. The van der Waals surface area contributed by atoms with E-state index in [9.17, 15) is 0 Å². The molecule has 138 valence electrons. The Hall–Kier alpha value is -2.27. The summed E-state index contributed by atoms with van der Waals surface area (Å²) in [6, 6.07) is 18.2. The predicted octanol–water partition coefficient (Wildman–Crippen LogP) is 6.70. The first-order chi connectivity index (χ1) is 12.1. The van der Waals surface area contributed by atoms with Gasteiger partial charge in [-0.2, -0.15) is 5.26 Å². The van der Waals surface area contributed by atoms with E-state index >= 15 is 0 Å². The van der Waals surface area contributed by atoms with Crippen molar-refractivity contribution in [1.82, 2.24) is 0 Å². The van der Waals surface area contributed by atoms with Crippen LogP contribution >= 0.6 is 0 Å². The number of ether oxygens (including phenoxy) is 1. The van der Waals surface area contributed by atoms with E-state index in [1.807, 2.05) is 24.3 Å². The van der Waals surface area contributed by atoms with Gasteiger partial charge in [-0.25, -0.2) is 0 Å². The minimum Gasteiger partial charge on any atom is -0.489 e. The van der Waals surface area contributed by atoms with Gasteiger partial charge in [-0.05, 0) is 58.6 Å². The molecule has 2 aromatic rings. The van der Waals surface area contributed by atoms with Gasteiger partial charge in [0.1, 0.15) is 12.4 Å². The van der Waals surface area contributed by atoms with E-state index in [4.69, 9.17) is 10.00 Å². The van der Waals surface area contributed by atoms with Crippen molar-refractivity contribution in [2.45, 2.75) is 60.5 Å². The maximum absolute atomic E-state index is 8.85. The Labute approximate surface area is 158 Å². The Kier molecular flexibility index (Phi) is 6.13. The molecule has 2 heteroatoms. The zero-order valence-electron chi connectivity index (χ0n) is 17.0. The summed E-state index contributed by atoms with van der Waals surface area (Å²) in [7, 11) is 0. The average molecular weight is 350 g/mol. The Balaban J connectivity index is 2.07. The minimum absolute atomic E-state index is 0.220. The van der Waals surface area contributed by atoms with Crippen LogP contribution in [0.1, 0.15) is 70.6 Å². The van der Waals surface area contributed by atoms with Gasteiger partial charge >= 0.3 is 0 Å². The van der Waals surface area contributed by atoms with E-state index in [0.29, 0.717) is 23.5 Å². The zero-order chi connectivity index (χ0) is 19.4. The third-order valence-corrected chi connectivity index (χ3v) is 4.63. The van der Waals surface area contributed by atoms with Gasteiger partial charge in [0.2, 0.25) is 0 Å². The van der Waals surface area contributed by atoms with Gasteiger partial charge in [-0.3, -0.25) is 0 Å². The first kappa shape index (κ1) is 20.0. The van der Waals surface area contributed by atoms with Crippen LogP contribution in [0.25, 0.3) is 0 Å². The molecule has 1 atom stereocenters. The molecule has 0 saturated heterocycles. The van der Waals surface area contributed by atoms with Crippen LogP contribution in [-0.2, 0) is 6.61 Å². The number of hydrogen-bond acceptors (Lipinski definition) is 2. The third kappa shape index (κ3) is 5.92. The molecule has 26 heavy (non-hydrogen) atoms. The van der Waals surface area contributed by atoms with Crippen molar-refractivity contribution in [3.05, 3.63) is 65.2 Å². The van der Waals surface area contributed by atoms with E-state index in [1.54, 1.807) is 0 Å². The molecule has 1 unspecified atom stereocenters. The summed E-state index contributed by atoms with van der Waals surface area (Å²) in [4.78, 5) is 0. The van der Waals surface area contributed by atoms with Crippen LogP contribution in [0.2, 0.25) is 0 Å². The molecular formula is C24H31NO. The summed E-state index contributed by atoms with van der Waals surface area (Å²) < 4.78 is 5.90. The number of benzene rings is 2. The lowest BCUT2D eigenvalue weighted by atomic mass is 9.69. The van der Waals surface area contributed by atoms with Gasteiger partial charge < -0.3 is 4.74 Å². The maximum atomic E-state index is 8.85. The van der Waals surface area contributed by atoms with Crippen molar-refractivity contribution >= 4 is 0 Å². The molecule has 0 heterocycles. The lowest BCUT2D eigenvalue weighted by molar-refractivity contribution is 0.229. The van der Waals surface area contributed by atoms with E-state index < -0.39 is 0 Å². The lowest BCUT2D eigenvalue weighted by Crippen LogP contribution is -2.23. The molecule has 0 N–H and O–H groups in total. The van der Waals surface area contributed by atoms with Crippen LogP contribution in [0.15, 0.2) is 48.5 Å². The molecule has 0 fully saturated rings. The van der Waals surface area contributed by atoms with Crippen molar-refractivity contribution in [1.29, 1.82) is 5.26 Å². The van der Waals surface area contributed by atoms with Crippen LogP contribution in [0.4, 0.5) is 0 Å². The molecule has 0 spiro atoms. The summed E-state index contributed by atoms with van der Waals surface area (Å²) in [5, 5.41) is 8.85. The Morgan fingerprint density at radius 1 is 0.885 bits per heavy atom. The molecule has 0 aliphatic carbocycles. The molecule has 0 aliphatic heterocycles.